The molecule has 0 aliphatic carbocycles. The second-order valence-corrected chi connectivity index (χ2v) is 3.90. The highest BCUT2D eigenvalue weighted by Crippen LogP contribution is 2.09. The molecule has 2 rings (SSSR count). The summed E-state index contributed by atoms with van der Waals surface area (Å²) in [6, 6.07) is 0.235. The Labute approximate surface area is 102 Å². The molecular formula is C10H15N5O3. The first-order chi connectivity index (χ1) is 8.56. The van der Waals surface area contributed by atoms with Crippen LogP contribution in [-0.4, -0.2) is 39.3 Å². The van der Waals surface area contributed by atoms with Crippen molar-refractivity contribution in [3.05, 3.63) is 20.8 Å². The number of likely N-dealkylation sites (N-methyl/N-ethyl adjacent to an activating group) is 1. The van der Waals surface area contributed by atoms with E-state index in [2.05, 4.69) is 15.3 Å². The third-order valence-electron chi connectivity index (χ3n) is 2.66. The van der Waals surface area contributed by atoms with Crippen molar-refractivity contribution in [1.82, 2.24) is 24.4 Å². The standard InChI is InChI=1S/C10H15N5O3/c1-11-4-5-18-9-12-6-7(13-9)14(2)10(17)15(3)8(6)16/h11H,4-5H2,1-3H3,(H,12,13). The van der Waals surface area contributed by atoms with E-state index in [9.17, 15) is 9.59 Å². The molecule has 0 saturated carbocycles. The van der Waals surface area contributed by atoms with Crippen LogP contribution in [0.25, 0.3) is 11.2 Å². The second kappa shape index (κ2) is 4.65. The van der Waals surface area contributed by atoms with Crippen LogP contribution >= 0.6 is 0 Å². The van der Waals surface area contributed by atoms with Crippen LogP contribution in [0.4, 0.5) is 0 Å². The van der Waals surface area contributed by atoms with Gasteiger partial charge in [0, 0.05) is 20.6 Å². The monoisotopic (exact) mass is 253 g/mol. The molecular weight excluding hydrogens is 238 g/mol. The number of ether oxygens (including phenoxy) is 1. The number of H-pyrrole nitrogens is 1. The van der Waals surface area contributed by atoms with Gasteiger partial charge >= 0.3 is 5.69 Å². The SMILES string of the molecule is CNCCOc1nc2c([nH]1)c(=O)n(C)c(=O)n2C. The molecule has 0 saturated heterocycles. The van der Waals surface area contributed by atoms with E-state index in [1.807, 2.05) is 0 Å². The van der Waals surface area contributed by atoms with Crippen LogP contribution in [0, 0.1) is 0 Å². The smallest absolute Gasteiger partial charge is 0.332 e. The number of fused-ring (bicyclic) bond motifs is 1. The molecule has 98 valence electrons. The van der Waals surface area contributed by atoms with E-state index in [-0.39, 0.29) is 11.5 Å². The molecule has 0 aromatic carbocycles. The number of rotatable bonds is 4. The van der Waals surface area contributed by atoms with Gasteiger partial charge in [0.25, 0.3) is 11.6 Å². The van der Waals surface area contributed by atoms with Gasteiger partial charge in [-0.2, -0.15) is 4.98 Å². The fraction of sp³-hybridized carbons (Fsp3) is 0.500. The van der Waals surface area contributed by atoms with Gasteiger partial charge in [0.2, 0.25) is 0 Å². The Morgan fingerprint density at radius 1 is 1.33 bits per heavy atom. The lowest BCUT2D eigenvalue weighted by Gasteiger charge is -2.00. The molecule has 18 heavy (non-hydrogen) atoms. The molecule has 8 nitrogen and oxygen atoms in total. The van der Waals surface area contributed by atoms with Crippen LogP contribution in [0.3, 0.4) is 0 Å². The number of aryl methyl sites for hydroxylation is 1. The zero-order chi connectivity index (χ0) is 13.3. The number of hydrogen-bond acceptors (Lipinski definition) is 5. The lowest BCUT2D eigenvalue weighted by Crippen LogP contribution is -2.36. The molecule has 0 amide bonds. The first kappa shape index (κ1) is 12.4. The van der Waals surface area contributed by atoms with E-state index >= 15 is 0 Å². The minimum Gasteiger partial charge on any atom is -0.463 e. The van der Waals surface area contributed by atoms with Crippen LogP contribution < -0.4 is 21.3 Å². The highest BCUT2D eigenvalue weighted by atomic mass is 16.5. The fourth-order valence-electron chi connectivity index (χ4n) is 1.62. The van der Waals surface area contributed by atoms with Gasteiger partial charge in [-0.15, -0.1) is 0 Å². The lowest BCUT2D eigenvalue weighted by atomic mass is 10.5. The zero-order valence-electron chi connectivity index (χ0n) is 10.5. The van der Waals surface area contributed by atoms with Gasteiger partial charge in [-0.05, 0) is 7.05 Å². The molecule has 0 spiro atoms. The Morgan fingerprint density at radius 2 is 2.06 bits per heavy atom. The van der Waals surface area contributed by atoms with Crippen LogP contribution in [0.1, 0.15) is 0 Å². The summed E-state index contributed by atoms with van der Waals surface area (Å²) in [5.74, 6) is 0. The maximum absolute atomic E-state index is 11.9. The number of aromatic nitrogens is 4. The predicted octanol–water partition coefficient (Wildman–Crippen LogP) is -1.44. The molecule has 0 aliphatic heterocycles. The van der Waals surface area contributed by atoms with Crippen molar-refractivity contribution in [2.75, 3.05) is 20.2 Å². The largest absolute Gasteiger partial charge is 0.463 e. The Kier molecular flexibility index (Phi) is 3.19. The van der Waals surface area contributed by atoms with Crippen LogP contribution in [0.15, 0.2) is 9.59 Å². The minimum atomic E-state index is -0.416. The van der Waals surface area contributed by atoms with Gasteiger partial charge in [0.15, 0.2) is 11.2 Å². The van der Waals surface area contributed by atoms with Crippen LogP contribution in [-0.2, 0) is 14.1 Å². The van der Waals surface area contributed by atoms with Crippen molar-refractivity contribution in [3.8, 4) is 6.01 Å². The number of imidazole rings is 1. The fourth-order valence-corrected chi connectivity index (χ4v) is 1.62. The Balaban J connectivity index is 2.51. The van der Waals surface area contributed by atoms with Crippen molar-refractivity contribution >= 4 is 11.2 Å². The highest BCUT2D eigenvalue weighted by Gasteiger charge is 2.13. The summed E-state index contributed by atoms with van der Waals surface area (Å²) in [7, 11) is 4.79. The van der Waals surface area contributed by atoms with Crippen molar-refractivity contribution in [3.63, 3.8) is 0 Å². The molecule has 0 unspecified atom stereocenters. The van der Waals surface area contributed by atoms with Gasteiger partial charge in [-0.25, -0.2) is 4.79 Å². The molecule has 0 fully saturated rings. The molecule has 2 aromatic heterocycles. The topological polar surface area (TPSA) is 93.9 Å². The molecule has 8 heteroatoms. The summed E-state index contributed by atoms with van der Waals surface area (Å²) in [6.07, 6.45) is 0. The van der Waals surface area contributed by atoms with E-state index in [1.54, 1.807) is 14.1 Å². The summed E-state index contributed by atoms with van der Waals surface area (Å²) >= 11 is 0. The Morgan fingerprint density at radius 3 is 2.72 bits per heavy atom. The first-order valence-electron chi connectivity index (χ1n) is 5.49. The van der Waals surface area contributed by atoms with E-state index < -0.39 is 11.2 Å². The van der Waals surface area contributed by atoms with Gasteiger partial charge in [-0.1, -0.05) is 0 Å². The molecule has 0 aliphatic rings. The molecule has 2 N–H and O–H groups in total. The molecule has 2 heterocycles. The van der Waals surface area contributed by atoms with Gasteiger partial charge in [0.05, 0.1) is 0 Å². The first-order valence-corrected chi connectivity index (χ1v) is 5.49. The van der Waals surface area contributed by atoms with E-state index in [0.717, 1.165) is 4.57 Å². The van der Waals surface area contributed by atoms with E-state index in [4.69, 9.17) is 4.74 Å². The van der Waals surface area contributed by atoms with Crippen molar-refractivity contribution < 1.29 is 4.74 Å². The molecule has 0 bridgehead atoms. The second-order valence-electron chi connectivity index (χ2n) is 3.90. The highest BCUT2D eigenvalue weighted by molar-refractivity contribution is 5.70. The maximum atomic E-state index is 11.9. The predicted molar refractivity (Wildman–Crippen MR) is 66.0 cm³/mol. The van der Waals surface area contributed by atoms with Gasteiger partial charge in [0.1, 0.15) is 6.61 Å². The summed E-state index contributed by atoms with van der Waals surface area (Å²) in [6.45, 7) is 1.08. The summed E-state index contributed by atoms with van der Waals surface area (Å²) in [5.41, 5.74) is -0.272. The van der Waals surface area contributed by atoms with Crippen molar-refractivity contribution in [2.45, 2.75) is 0 Å². The quantitative estimate of drug-likeness (QED) is 0.651. The summed E-state index contributed by atoms with van der Waals surface area (Å²) < 4.78 is 7.66. The van der Waals surface area contributed by atoms with Gasteiger partial charge in [-0.3, -0.25) is 13.9 Å². The molecule has 0 radical (unpaired) electrons. The minimum absolute atomic E-state index is 0.235. The van der Waals surface area contributed by atoms with E-state index in [0.29, 0.717) is 18.8 Å². The van der Waals surface area contributed by atoms with E-state index in [1.165, 1.54) is 11.6 Å². The van der Waals surface area contributed by atoms with Crippen LogP contribution in [0.2, 0.25) is 0 Å². The summed E-state index contributed by atoms with van der Waals surface area (Å²) in [5, 5.41) is 2.92. The van der Waals surface area contributed by atoms with Crippen molar-refractivity contribution in [2.24, 2.45) is 14.1 Å². The Bertz CT molecular complexity index is 681. The third kappa shape index (κ3) is 1.90. The number of nitrogens with one attached hydrogen (secondary N) is 2. The summed E-state index contributed by atoms with van der Waals surface area (Å²) in [4.78, 5) is 30.4. The zero-order valence-corrected chi connectivity index (χ0v) is 10.5. The average molecular weight is 253 g/mol. The number of aromatic amines is 1. The average Bonchev–Trinajstić information content (AvgIpc) is 2.78. The lowest BCUT2D eigenvalue weighted by molar-refractivity contribution is 0.297. The van der Waals surface area contributed by atoms with Gasteiger partial charge < -0.3 is 15.0 Å². The maximum Gasteiger partial charge on any atom is 0.332 e. The van der Waals surface area contributed by atoms with Crippen LogP contribution in [0.5, 0.6) is 6.01 Å². The number of nitrogens with zero attached hydrogens (tertiary/aromatic N) is 3. The number of hydrogen-bond donors (Lipinski definition) is 2. The van der Waals surface area contributed by atoms with Crippen molar-refractivity contribution in [1.29, 1.82) is 0 Å². The molecule has 2 aromatic rings. The third-order valence-corrected chi connectivity index (χ3v) is 2.66. The molecule has 0 atom stereocenters. The normalized spacial score (nSPS) is 11.1. The Hall–Kier alpha value is -2.09.